The zero-order valence-corrected chi connectivity index (χ0v) is 15.1. The van der Waals surface area contributed by atoms with Crippen LogP contribution in [0.15, 0.2) is 48.5 Å². The molecule has 0 saturated carbocycles. The molecule has 1 fully saturated rings. The molecule has 1 aliphatic heterocycles. The van der Waals surface area contributed by atoms with Gasteiger partial charge in [-0.25, -0.2) is 0 Å². The second kappa shape index (κ2) is 7.27. The standard InChI is InChI=1S/C20H24N2O.ClH/c1-15-9-10-17(21)13-18(15)19(23)22-12-6-11-20(2,14-22)16-7-4-3-5-8-16;/h3-5,7-10,13H,6,11-12,14,21H2,1-2H3;1H. The molecular formula is C20H25ClN2O. The smallest absolute Gasteiger partial charge is 0.254 e. The highest BCUT2D eigenvalue weighted by Crippen LogP contribution is 2.34. The van der Waals surface area contributed by atoms with Crippen LogP contribution in [-0.4, -0.2) is 23.9 Å². The van der Waals surface area contributed by atoms with E-state index in [4.69, 9.17) is 5.73 Å². The molecule has 1 saturated heterocycles. The predicted octanol–water partition coefficient (Wildman–Crippen LogP) is 4.19. The first kappa shape index (κ1) is 18.3. The molecule has 1 amide bonds. The van der Waals surface area contributed by atoms with Gasteiger partial charge in [0.1, 0.15) is 0 Å². The Hall–Kier alpha value is -2.00. The molecule has 0 aliphatic carbocycles. The Morgan fingerprint density at radius 3 is 2.58 bits per heavy atom. The number of carbonyl (C=O) groups excluding carboxylic acids is 1. The Labute approximate surface area is 150 Å². The fraction of sp³-hybridized carbons (Fsp3) is 0.350. The van der Waals surface area contributed by atoms with Crippen molar-refractivity contribution >= 4 is 24.0 Å². The largest absolute Gasteiger partial charge is 0.399 e. The van der Waals surface area contributed by atoms with Gasteiger partial charge < -0.3 is 10.6 Å². The van der Waals surface area contributed by atoms with Gasteiger partial charge >= 0.3 is 0 Å². The summed E-state index contributed by atoms with van der Waals surface area (Å²) >= 11 is 0. The molecule has 1 atom stereocenters. The molecule has 24 heavy (non-hydrogen) atoms. The highest BCUT2D eigenvalue weighted by molar-refractivity contribution is 5.96. The number of rotatable bonds is 2. The summed E-state index contributed by atoms with van der Waals surface area (Å²) in [6.45, 7) is 5.79. The lowest BCUT2D eigenvalue weighted by molar-refractivity contribution is 0.0650. The molecular weight excluding hydrogens is 320 g/mol. The maximum atomic E-state index is 13.0. The number of amides is 1. The second-order valence-corrected chi connectivity index (χ2v) is 6.83. The van der Waals surface area contributed by atoms with Crippen LogP contribution in [0.1, 0.15) is 41.3 Å². The van der Waals surface area contributed by atoms with E-state index < -0.39 is 0 Å². The van der Waals surface area contributed by atoms with Crippen LogP contribution in [0.3, 0.4) is 0 Å². The molecule has 0 radical (unpaired) electrons. The van der Waals surface area contributed by atoms with Crippen molar-refractivity contribution in [2.75, 3.05) is 18.8 Å². The van der Waals surface area contributed by atoms with Crippen molar-refractivity contribution in [2.45, 2.75) is 32.1 Å². The minimum Gasteiger partial charge on any atom is -0.399 e. The predicted molar refractivity (Wildman–Crippen MR) is 102 cm³/mol. The lowest BCUT2D eigenvalue weighted by Crippen LogP contribution is -2.47. The summed E-state index contributed by atoms with van der Waals surface area (Å²) < 4.78 is 0. The number of hydrogen-bond donors (Lipinski definition) is 1. The van der Waals surface area contributed by atoms with Crippen molar-refractivity contribution in [2.24, 2.45) is 0 Å². The summed E-state index contributed by atoms with van der Waals surface area (Å²) in [5, 5.41) is 0. The quantitative estimate of drug-likeness (QED) is 0.830. The third kappa shape index (κ3) is 3.57. The normalized spacial score (nSPS) is 20.3. The van der Waals surface area contributed by atoms with Gasteiger partial charge in [0.25, 0.3) is 5.91 Å². The number of anilines is 1. The average Bonchev–Trinajstić information content (AvgIpc) is 2.57. The van der Waals surface area contributed by atoms with Crippen LogP contribution >= 0.6 is 12.4 Å². The molecule has 0 bridgehead atoms. The van der Waals surface area contributed by atoms with Crippen LogP contribution in [-0.2, 0) is 5.41 Å². The van der Waals surface area contributed by atoms with Gasteiger partial charge in [0.05, 0.1) is 0 Å². The summed E-state index contributed by atoms with van der Waals surface area (Å²) in [4.78, 5) is 14.9. The highest BCUT2D eigenvalue weighted by atomic mass is 35.5. The molecule has 1 aliphatic rings. The molecule has 1 heterocycles. The fourth-order valence-electron chi connectivity index (χ4n) is 3.53. The van der Waals surface area contributed by atoms with Gasteiger partial charge in [-0.2, -0.15) is 0 Å². The third-order valence-electron chi connectivity index (χ3n) is 4.95. The van der Waals surface area contributed by atoms with E-state index >= 15 is 0 Å². The fourth-order valence-corrected chi connectivity index (χ4v) is 3.53. The zero-order valence-electron chi connectivity index (χ0n) is 14.3. The van der Waals surface area contributed by atoms with Crippen LogP contribution in [0.5, 0.6) is 0 Å². The number of halogens is 1. The van der Waals surface area contributed by atoms with Crippen LogP contribution in [0.2, 0.25) is 0 Å². The van der Waals surface area contributed by atoms with E-state index in [9.17, 15) is 4.79 Å². The minimum absolute atomic E-state index is 0. The average molecular weight is 345 g/mol. The van der Waals surface area contributed by atoms with Gasteiger partial charge in [-0.3, -0.25) is 4.79 Å². The van der Waals surface area contributed by atoms with E-state index in [1.165, 1.54) is 5.56 Å². The van der Waals surface area contributed by atoms with Crippen LogP contribution in [0, 0.1) is 6.92 Å². The van der Waals surface area contributed by atoms with Crippen LogP contribution < -0.4 is 5.73 Å². The van der Waals surface area contributed by atoms with E-state index in [0.717, 1.165) is 37.1 Å². The maximum Gasteiger partial charge on any atom is 0.254 e. The number of nitrogens with two attached hydrogens (primary N) is 1. The molecule has 128 valence electrons. The number of nitrogens with zero attached hydrogens (tertiary/aromatic N) is 1. The SMILES string of the molecule is Cc1ccc(N)cc1C(=O)N1CCCC(C)(c2ccccc2)C1.Cl. The number of aryl methyl sites for hydroxylation is 1. The van der Waals surface area contributed by atoms with Crippen molar-refractivity contribution < 1.29 is 4.79 Å². The Bertz CT molecular complexity index is 717. The molecule has 2 N–H and O–H groups in total. The van der Waals surface area contributed by atoms with E-state index in [1.807, 2.05) is 30.0 Å². The first-order chi connectivity index (χ1) is 11.0. The van der Waals surface area contributed by atoms with Gasteiger partial charge in [-0.05, 0) is 43.0 Å². The molecule has 3 nitrogen and oxygen atoms in total. The van der Waals surface area contributed by atoms with Crippen molar-refractivity contribution in [3.05, 3.63) is 65.2 Å². The topological polar surface area (TPSA) is 46.3 Å². The van der Waals surface area contributed by atoms with E-state index in [1.54, 1.807) is 6.07 Å². The number of hydrogen-bond acceptors (Lipinski definition) is 2. The van der Waals surface area contributed by atoms with Crippen LogP contribution in [0.4, 0.5) is 5.69 Å². The number of benzene rings is 2. The summed E-state index contributed by atoms with van der Waals surface area (Å²) in [5.41, 5.74) is 9.54. The summed E-state index contributed by atoms with van der Waals surface area (Å²) in [7, 11) is 0. The van der Waals surface area contributed by atoms with Crippen LogP contribution in [0.25, 0.3) is 0 Å². The highest BCUT2D eigenvalue weighted by Gasteiger charge is 2.35. The number of likely N-dealkylation sites (tertiary alicyclic amines) is 1. The molecule has 2 aromatic rings. The van der Waals surface area contributed by atoms with E-state index in [0.29, 0.717) is 5.69 Å². The van der Waals surface area contributed by atoms with Gasteiger partial charge in [0.2, 0.25) is 0 Å². The zero-order chi connectivity index (χ0) is 16.4. The Morgan fingerprint density at radius 1 is 1.17 bits per heavy atom. The molecule has 0 spiro atoms. The van der Waals surface area contributed by atoms with Crippen molar-refractivity contribution in [3.8, 4) is 0 Å². The van der Waals surface area contributed by atoms with Crippen molar-refractivity contribution in [3.63, 3.8) is 0 Å². The van der Waals surface area contributed by atoms with Crippen molar-refractivity contribution in [1.82, 2.24) is 4.90 Å². The van der Waals surface area contributed by atoms with Gasteiger partial charge in [0.15, 0.2) is 0 Å². The second-order valence-electron chi connectivity index (χ2n) is 6.83. The van der Waals surface area contributed by atoms with Crippen molar-refractivity contribution in [1.29, 1.82) is 0 Å². The van der Waals surface area contributed by atoms with Gasteiger partial charge in [-0.1, -0.05) is 43.3 Å². The first-order valence-corrected chi connectivity index (χ1v) is 8.20. The Balaban J connectivity index is 0.00000208. The van der Waals surface area contributed by atoms with E-state index in [2.05, 4.69) is 31.2 Å². The Morgan fingerprint density at radius 2 is 1.88 bits per heavy atom. The minimum atomic E-state index is 0. The summed E-state index contributed by atoms with van der Waals surface area (Å²) in [6.07, 6.45) is 2.13. The van der Waals surface area contributed by atoms with Gasteiger partial charge in [-0.15, -0.1) is 12.4 Å². The number of nitrogen functional groups attached to an aromatic ring is 1. The molecule has 3 rings (SSSR count). The molecule has 1 unspecified atom stereocenters. The third-order valence-corrected chi connectivity index (χ3v) is 4.95. The van der Waals surface area contributed by atoms with Gasteiger partial charge in [0, 0.05) is 29.8 Å². The maximum absolute atomic E-state index is 13.0. The first-order valence-electron chi connectivity index (χ1n) is 8.20. The number of carbonyl (C=O) groups is 1. The molecule has 2 aromatic carbocycles. The lowest BCUT2D eigenvalue weighted by atomic mass is 9.76. The summed E-state index contributed by atoms with van der Waals surface area (Å²) in [5.74, 6) is 0.0941. The molecule has 0 aromatic heterocycles. The molecule has 4 heteroatoms. The Kier molecular flexibility index (Phi) is 5.55. The number of piperidine rings is 1. The monoisotopic (exact) mass is 344 g/mol. The van der Waals surface area contributed by atoms with E-state index in [-0.39, 0.29) is 23.7 Å². The summed E-state index contributed by atoms with van der Waals surface area (Å²) in [6, 6.07) is 16.1. The lowest BCUT2D eigenvalue weighted by Gasteiger charge is -2.41.